The molecule has 1 saturated heterocycles. The van der Waals surface area contributed by atoms with Crippen molar-refractivity contribution in [1.82, 2.24) is 14.9 Å². The Hall–Kier alpha value is -2.14. The summed E-state index contributed by atoms with van der Waals surface area (Å²) < 4.78 is 0. The third-order valence-electron chi connectivity index (χ3n) is 3.63. The number of aromatic nitrogens is 2. The van der Waals surface area contributed by atoms with Crippen molar-refractivity contribution in [3.8, 4) is 0 Å². The zero-order chi connectivity index (χ0) is 13.8. The smallest absolute Gasteiger partial charge is 0.0726 e. The summed E-state index contributed by atoms with van der Waals surface area (Å²) in [5.41, 5.74) is 8.82. The van der Waals surface area contributed by atoms with Crippen LogP contribution >= 0.6 is 0 Å². The van der Waals surface area contributed by atoms with E-state index in [2.05, 4.69) is 31.9 Å². The molecule has 2 heterocycles. The van der Waals surface area contributed by atoms with E-state index in [0.29, 0.717) is 0 Å². The van der Waals surface area contributed by atoms with Gasteiger partial charge in [0.05, 0.1) is 5.69 Å². The molecule has 1 aromatic heterocycles. The standard InChI is InChI=1S/C15H19N5/c16-13-1-3-15(4-2-13)20-9-7-19(8-10-20)12-14-11-17-5-6-18-14/h1-6,11H,7-10,12,16H2. The Labute approximate surface area is 119 Å². The molecule has 2 aromatic rings. The van der Waals surface area contributed by atoms with Gasteiger partial charge in [-0.1, -0.05) is 0 Å². The number of nitrogen functional groups attached to an aromatic ring is 1. The SMILES string of the molecule is Nc1ccc(N2CCN(Cc3cnccn3)CC2)cc1. The van der Waals surface area contributed by atoms with Crippen LogP contribution < -0.4 is 10.6 Å². The van der Waals surface area contributed by atoms with Crippen molar-refractivity contribution < 1.29 is 0 Å². The van der Waals surface area contributed by atoms with E-state index in [-0.39, 0.29) is 0 Å². The molecule has 2 N–H and O–H groups in total. The molecule has 0 unspecified atom stereocenters. The Morgan fingerprint density at radius 1 is 1.00 bits per heavy atom. The van der Waals surface area contributed by atoms with E-state index in [1.54, 1.807) is 12.4 Å². The summed E-state index contributed by atoms with van der Waals surface area (Å²) in [5, 5.41) is 0. The molecule has 1 fully saturated rings. The molecule has 1 aliphatic rings. The lowest BCUT2D eigenvalue weighted by atomic mass is 10.2. The van der Waals surface area contributed by atoms with Gasteiger partial charge in [0, 0.05) is 62.7 Å². The average molecular weight is 269 g/mol. The van der Waals surface area contributed by atoms with Crippen molar-refractivity contribution in [1.29, 1.82) is 0 Å². The summed E-state index contributed by atoms with van der Waals surface area (Å²) in [6, 6.07) is 8.10. The second-order valence-corrected chi connectivity index (χ2v) is 5.05. The zero-order valence-corrected chi connectivity index (χ0v) is 11.4. The molecule has 5 heteroatoms. The summed E-state index contributed by atoms with van der Waals surface area (Å²) in [6.45, 7) is 5.03. The first-order valence-electron chi connectivity index (χ1n) is 6.89. The highest BCUT2D eigenvalue weighted by Crippen LogP contribution is 2.18. The summed E-state index contributed by atoms with van der Waals surface area (Å²) >= 11 is 0. The summed E-state index contributed by atoms with van der Waals surface area (Å²) in [6.07, 6.45) is 5.30. The molecule has 5 nitrogen and oxygen atoms in total. The molecule has 0 atom stereocenters. The maximum Gasteiger partial charge on any atom is 0.0726 e. The second-order valence-electron chi connectivity index (χ2n) is 5.05. The summed E-state index contributed by atoms with van der Waals surface area (Å²) in [7, 11) is 0. The first kappa shape index (κ1) is 12.9. The fraction of sp³-hybridized carbons (Fsp3) is 0.333. The van der Waals surface area contributed by atoms with Gasteiger partial charge in [-0.25, -0.2) is 0 Å². The van der Waals surface area contributed by atoms with Crippen LogP contribution in [0.25, 0.3) is 0 Å². The molecule has 20 heavy (non-hydrogen) atoms. The molecule has 0 bridgehead atoms. The van der Waals surface area contributed by atoms with Gasteiger partial charge < -0.3 is 10.6 Å². The van der Waals surface area contributed by atoms with Crippen molar-refractivity contribution in [2.45, 2.75) is 6.54 Å². The third-order valence-corrected chi connectivity index (χ3v) is 3.63. The lowest BCUT2D eigenvalue weighted by molar-refractivity contribution is 0.247. The van der Waals surface area contributed by atoms with Crippen molar-refractivity contribution in [2.75, 3.05) is 36.8 Å². The van der Waals surface area contributed by atoms with Gasteiger partial charge in [0.15, 0.2) is 0 Å². The Morgan fingerprint density at radius 3 is 2.40 bits per heavy atom. The van der Waals surface area contributed by atoms with Crippen LogP contribution in [0, 0.1) is 0 Å². The second kappa shape index (κ2) is 5.88. The summed E-state index contributed by atoms with van der Waals surface area (Å²) in [4.78, 5) is 13.2. The topological polar surface area (TPSA) is 58.3 Å². The fourth-order valence-electron chi connectivity index (χ4n) is 2.49. The van der Waals surface area contributed by atoms with Crippen LogP contribution in [0.2, 0.25) is 0 Å². The molecule has 0 aliphatic carbocycles. The summed E-state index contributed by atoms with van der Waals surface area (Å²) in [5.74, 6) is 0. The average Bonchev–Trinajstić information content (AvgIpc) is 2.50. The molecule has 3 rings (SSSR count). The third kappa shape index (κ3) is 3.05. The van der Waals surface area contributed by atoms with Crippen molar-refractivity contribution in [3.05, 3.63) is 48.5 Å². The predicted octanol–water partition coefficient (Wildman–Crippen LogP) is 1.38. The Morgan fingerprint density at radius 2 is 1.75 bits per heavy atom. The van der Waals surface area contributed by atoms with E-state index < -0.39 is 0 Å². The number of nitrogens with zero attached hydrogens (tertiary/aromatic N) is 4. The molecule has 0 radical (unpaired) electrons. The lowest BCUT2D eigenvalue weighted by Gasteiger charge is -2.35. The maximum absolute atomic E-state index is 5.72. The number of piperazine rings is 1. The van der Waals surface area contributed by atoms with Gasteiger partial charge in [0.25, 0.3) is 0 Å². The van der Waals surface area contributed by atoms with Crippen LogP contribution in [0.4, 0.5) is 11.4 Å². The number of hydrogen-bond donors (Lipinski definition) is 1. The van der Waals surface area contributed by atoms with E-state index in [0.717, 1.165) is 44.1 Å². The molecule has 104 valence electrons. The Bertz CT molecular complexity index is 532. The van der Waals surface area contributed by atoms with Gasteiger partial charge in [-0.15, -0.1) is 0 Å². The van der Waals surface area contributed by atoms with E-state index >= 15 is 0 Å². The van der Waals surface area contributed by atoms with Crippen molar-refractivity contribution >= 4 is 11.4 Å². The molecule has 0 amide bonds. The van der Waals surface area contributed by atoms with Crippen molar-refractivity contribution in [2.24, 2.45) is 0 Å². The van der Waals surface area contributed by atoms with Crippen LogP contribution in [0.1, 0.15) is 5.69 Å². The van der Waals surface area contributed by atoms with E-state index in [4.69, 9.17) is 5.73 Å². The van der Waals surface area contributed by atoms with Crippen molar-refractivity contribution in [3.63, 3.8) is 0 Å². The highest BCUT2D eigenvalue weighted by molar-refractivity contribution is 5.53. The molecular formula is C15H19N5. The lowest BCUT2D eigenvalue weighted by Crippen LogP contribution is -2.46. The molecule has 1 aliphatic heterocycles. The number of rotatable bonds is 3. The van der Waals surface area contributed by atoms with Gasteiger partial charge in [-0.3, -0.25) is 14.9 Å². The fourth-order valence-corrected chi connectivity index (χ4v) is 2.49. The molecule has 0 spiro atoms. The van der Waals surface area contributed by atoms with E-state index in [1.807, 2.05) is 18.3 Å². The van der Waals surface area contributed by atoms with E-state index in [9.17, 15) is 0 Å². The first-order chi connectivity index (χ1) is 9.81. The van der Waals surface area contributed by atoms with Crippen LogP contribution in [0.5, 0.6) is 0 Å². The Balaban J connectivity index is 1.55. The number of anilines is 2. The Kier molecular flexibility index (Phi) is 3.78. The minimum atomic E-state index is 0.815. The molecule has 1 aromatic carbocycles. The highest BCUT2D eigenvalue weighted by atomic mass is 15.3. The number of hydrogen-bond acceptors (Lipinski definition) is 5. The van der Waals surface area contributed by atoms with Crippen LogP contribution in [0.15, 0.2) is 42.9 Å². The number of nitrogens with two attached hydrogens (primary N) is 1. The van der Waals surface area contributed by atoms with Gasteiger partial charge in [0.2, 0.25) is 0 Å². The predicted molar refractivity (Wildman–Crippen MR) is 80.4 cm³/mol. The number of benzene rings is 1. The van der Waals surface area contributed by atoms with E-state index in [1.165, 1.54) is 5.69 Å². The van der Waals surface area contributed by atoms with Crippen LogP contribution in [-0.4, -0.2) is 41.0 Å². The van der Waals surface area contributed by atoms with Gasteiger partial charge in [-0.05, 0) is 24.3 Å². The van der Waals surface area contributed by atoms with Crippen LogP contribution in [0.3, 0.4) is 0 Å². The van der Waals surface area contributed by atoms with Crippen LogP contribution in [-0.2, 0) is 6.54 Å². The monoisotopic (exact) mass is 269 g/mol. The largest absolute Gasteiger partial charge is 0.399 e. The molecule has 0 saturated carbocycles. The first-order valence-corrected chi connectivity index (χ1v) is 6.89. The zero-order valence-electron chi connectivity index (χ0n) is 11.4. The highest BCUT2D eigenvalue weighted by Gasteiger charge is 2.17. The van der Waals surface area contributed by atoms with Gasteiger partial charge >= 0.3 is 0 Å². The normalized spacial score (nSPS) is 16.3. The minimum Gasteiger partial charge on any atom is -0.399 e. The van der Waals surface area contributed by atoms with Gasteiger partial charge in [0.1, 0.15) is 0 Å². The maximum atomic E-state index is 5.72. The molecular weight excluding hydrogens is 250 g/mol. The van der Waals surface area contributed by atoms with Gasteiger partial charge in [-0.2, -0.15) is 0 Å². The minimum absolute atomic E-state index is 0.815. The quantitative estimate of drug-likeness (QED) is 0.853.